The van der Waals surface area contributed by atoms with Gasteiger partial charge in [0.2, 0.25) is 15.9 Å². The maximum Gasteiger partial charge on any atom is 0.269 e. The molecule has 138 valence electrons. The Balaban J connectivity index is 1.98. The first kappa shape index (κ1) is 19.5. The number of rotatable bonds is 8. The Morgan fingerprint density at radius 2 is 1.69 bits per heavy atom. The first-order valence-corrected chi connectivity index (χ1v) is 9.43. The summed E-state index contributed by atoms with van der Waals surface area (Å²) in [5.41, 5.74) is 1.06. The average molecular weight is 377 g/mol. The lowest BCUT2D eigenvalue weighted by Gasteiger charge is -2.08. The zero-order valence-corrected chi connectivity index (χ0v) is 15.0. The van der Waals surface area contributed by atoms with E-state index in [2.05, 4.69) is 10.0 Å². The van der Waals surface area contributed by atoms with Crippen molar-refractivity contribution >= 4 is 27.3 Å². The van der Waals surface area contributed by atoms with Crippen molar-refractivity contribution in [1.82, 2.24) is 4.72 Å². The summed E-state index contributed by atoms with van der Waals surface area (Å²) in [4.78, 5) is 22.3. The van der Waals surface area contributed by atoms with Crippen LogP contribution in [0.1, 0.15) is 18.9 Å². The van der Waals surface area contributed by atoms with Gasteiger partial charge in [-0.3, -0.25) is 14.9 Å². The second kappa shape index (κ2) is 8.54. The molecule has 0 bridgehead atoms. The highest BCUT2D eigenvalue weighted by Gasteiger charge is 2.13. The molecule has 0 aliphatic rings. The van der Waals surface area contributed by atoms with Crippen molar-refractivity contribution in [3.63, 3.8) is 0 Å². The monoisotopic (exact) mass is 377 g/mol. The number of nitrogens with one attached hydrogen (secondary N) is 2. The SMILES string of the molecule is CCCNS(=O)(=O)c1ccc(NC(=O)Cc2ccc([N+](=O)[O-])cc2)cc1. The molecule has 2 aromatic carbocycles. The van der Waals surface area contributed by atoms with Crippen LogP contribution in [-0.4, -0.2) is 25.8 Å². The summed E-state index contributed by atoms with van der Waals surface area (Å²) in [7, 11) is -3.55. The number of benzene rings is 2. The van der Waals surface area contributed by atoms with Gasteiger partial charge >= 0.3 is 0 Å². The average Bonchev–Trinajstić information content (AvgIpc) is 2.61. The first-order chi connectivity index (χ1) is 12.3. The lowest BCUT2D eigenvalue weighted by molar-refractivity contribution is -0.384. The molecule has 0 spiro atoms. The van der Waals surface area contributed by atoms with Crippen LogP contribution in [0.25, 0.3) is 0 Å². The minimum atomic E-state index is -3.55. The maximum atomic E-state index is 12.0. The Morgan fingerprint density at radius 1 is 1.08 bits per heavy atom. The molecule has 9 heteroatoms. The molecule has 0 atom stereocenters. The van der Waals surface area contributed by atoms with Crippen LogP contribution in [0, 0.1) is 10.1 Å². The topological polar surface area (TPSA) is 118 Å². The summed E-state index contributed by atoms with van der Waals surface area (Å²) < 4.78 is 26.5. The van der Waals surface area contributed by atoms with Crippen LogP contribution < -0.4 is 10.0 Å². The van der Waals surface area contributed by atoms with E-state index in [1.807, 2.05) is 6.92 Å². The third-order valence-corrected chi connectivity index (χ3v) is 4.98. The Bertz CT molecular complexity index is 878. The molecule has 0 radical (unpaired) electrons. The van der Waals surface area contributed by atoms with Gasteiger partial charge in [0.1, 0.15) is 0 Å². The molecule has 0 aliphatic carbocycles. The number of hydrogen-bond acceptors (Lipinski definition) is 5. The molecule has 2 rings (SSSR count). The second-order valence-electron chi connectivity index (χ2n) is 5.57. The van der Waals surface area contributed by atoms with Gasteiger partial charge in [-0.05, 0) is 36.2 Å². The molecule has 8 nitrogen and oxygen atoms in total. The molecular weight excluding hydrogens is 358 g/mol. The number of nitrogens with zero attached hydrogens (tertiary/aromatic N) is 1. The lowest BCUT2D eigenvalue weighted by Crippen LogP contribution is -2.24. The molecule has 26 heavy (non-hydrogen) atoms. The Hall–Kier alpha value is -2.78. The highest BCUT2D eigenvalue weighted by molar-refractivity contribution is 7.89. The number of hydrogen-bond donors (Lipinski definition) is 2. The van der Waals surface area contributed by atoms with Crippen molar-refractivity contribution in [2.75, 3.05) is 11.9 Å². The second-order valence-corrected chi connectivity index (χ2v) is 7.34. The van der Waals surface area contributed by atoms with Crippen molar-refractivity contribution in [2.45, 2.75) is 24.7 Å². The van der Waals surface area contributed by atoms with E-state index in [1.54, 1.807) is 0 Å². The van der Waals surface area contributed by atoms with Gasteiger partial charge in [0.15, 0.2) is 0 Å². The van der Waals surface area contributed by atoms with Gasteiger partial charge in [0.05, 0.1) is 16.2 Å². The summed E-state index contributed by atoms with van der Waals surface area (Å²) in [5, 5.41) is 13.3. The molecule has 2 aromatic rings. The van der Waals surface area contributed by atoms with Gasteiger partial charge in [-0.15, -0.1) is 0 Å². The standard InChI is InChI=1S/C17H19N3O5S/c1-2-11-18-26(24,25)16-9-5-14(6-10-16)19-17(21)12-13-3-7-15(8-4-13)20(22)23/h3-10,18H,2,11-12H2,1H3,(H,19,21). The van der Waals surface area contributed by atoms with Crippen LogP contribution >= 0.6 is 0 Å². The van der Waals surface area contributed by atoms with E-state index in [9.17, 15) is 23.3 Å². The highest BCUT2D eigenvalue weighted by Crippen LogP contribution is 2.16. The maximum absolute atomic E-state index is 12.0. The molecule has 0 heterocycles. The van der Waals surface area contributed by atoms with Gasteiger partial charge in [-0.1, -0.05) is 19.1 Å². The number of nitro groups is 1. The van der Waals surface area contributed by atoms with Crippen LogP contribution in [0.15, 0.2) is 53.4 Å². The van der Waals surface area contributed by atoms with E-state index in [1.165, 1.54) is 48.5 Å². The number of sulfonamides is 1. The summed E-state index contributed by atoms with van der Waals surface area (Å²) in [6.45, 7) is 2.22. The quantitative estimate of drug-likeness (QED) is 0.541. The molecule has 0 saturated heterocycles. The number of carbonyl (C=O) groups excluding carboxylic acids is 1. The molecule has 0 aliphatic heterocycles. The number of amides is 1. The smallest absolute Gasteiger partial charge is 0.269 e. The predicted octanol–water partition coefficient (Wildman–Crippen LogP) is 2.46. The van der Waals surface area contributed by atoms with Crippen LogP contribution in [0.4, 0.5) is 11.4 Å². The number of non-ortho nitro benzene ring substituents is 1. The van der Waals surface area contributed by atoms with Crippen LogP contribution in [0.2, 0.25) is 0 Å². The summed E-state index contributed by atoms with van der Waals surface area (Å²) >= 11 is 0. The highest BCUT2D eigenvalue weighted by atomic mass is 32.2. The van der Waals surface area contributed by atoms with Crippen LogP contribution in [0.3, 0.4) is 0 Å². The minimum Gasteiger partial charge on any atom is -0.326 e. The van der Waals surface area contributed by atoms with Crippen molar-refractivity contribution in [3.05, 3.63) is 64.2 Å². The van der Waals surface area contributed by atoms with Gasteiger partial charge in [0.25, 0.3) is 5.69 Å². The lowest BCUT2D eigenvalue weighted by atomic mass is 10.1. The number of nitro benzene ring substituents is 1. The summed E-state index contributed by atoms with van der Waals surface area (Å²) in [6.07, 6.45) is 0.742. The molecule has 0 unspecified atom stereocenters. The number of carbonyl (C=O) groups is 1. The fourth-order valence-corrected chi connectivity index (χ4v) is 3.30. The third-order valence-electron chi connectivity index (χ3n) is 3.50. The zero-order valence-electron chi connectivity index (χ0n) is 14.1. The van der Waals surface area contributed by atoms with Gasteiger partial charge in [-0.25, -0.2) is 13.1 Å². The fourth-order valence-electron chi connectivity index (χ4n) is 2.16. The van der Waals surface area contributed by atoms with Crippen LogP contribution in [-0.2, 0) is 21.2 Å². The van der Waals surface area contributed by atoms with E-state index in [0.29, 0.717) is 24.2 Å². The van der Waals surface area contributed by atoms with E-state index >= 15 is 0 Å². The molecule has 0 fully saturated rings. The van der Waals surface area contributed by atoms with Crippen LogP contribution in [0.5, 0.6) is 0 Å². The van der Waals surface area contributed by atoms with E-state index in [-0.39, 0.29) is 22.9 Å². The molecule has 1 amide bonds. The molecule has 0 aromatic heterocycles. The van der Waals surface area contributed by atoms with Crippen molar-refractivity contribution < 1.29 is 18.1 Å². The third kappa shape index (κ3) is 5.36. The van der Waals surface area contributed by atoms with Gasteiger partial charge in [0, 0.05) is 24.4 Å². The van der Waals surface area contributed by atoms with Gasteiger partial charge in [-0.2, -0.15) is 0 Å². The summed E-state index contributed by atoms with van der Waals surface area (Å²) in [6, 6.07) is 11.6. The Labute approximate surface area is 151 Å². The van der Waals surface area contributed by atoms with Crippen molar-refractivity contribution in [3.8, 4) is 0 Å². The van der Waals surface area contributed by atoms with E-state index < -0.39 is 14.9 Å². The van der Waals surface area contributed by atoms with E-state index in [4.69, 9.17) is 0 Å². The van der Waals surface area contributed by atoms with Crippen molar-refractivity contribution in [2.24, 2.45) is 0 Å². The Kier molecular flexibility index (Phi) is 6.42. The fraction of sp³-hybridized carbons (Fsp3) is 0.235. The molecule has 0 saturated carbocycles. The first-order valence-electron chi connectivity index (χ1n) is 7.94. The predicted molar refractivity (Wildman–Crippen MR) is 97.4 cm³/mol. The van der Waals surface area contributed by atoms with E-state index in [0.717, 1.165) is 0 Å². The Morgan fingerprint density at radius 3 is 2.23 bits per heavy atom. The van der Waals surface area contributed by atoms with Crippen molar-refractivity contribution in [1.29, 1.82) is 0 Å². The van der Waals surface area contributed by atoms with Gasteiger partial charge < -0.3 is 5.32 Å². The summed E-state index contributed by atoms with van der Waals surface area (Å²) in [5.74, 6) is -0.307. The zero-order chi connectivity index (χ0) is 19.2. The minimum absolute atomic E-state index is 0.0392. The largest absolute Gasteiger partial charge is 0.326 e. The number of anilines is 1. The molecule has 2 N–H and O–H groups in total. The molecular formula is C17H19N3O5S. The normalized spacial score (nSPS) is 11.1.